The molecule has 0 atom stereocenters. The zero-order chi connectivity index (χ0) is 14.7. The molecule has 0 amide bonds. The van der Waals surface area contributed by atoms with Crippen LogP contribution in [0.1, 0.15) is 18.4 Å². The van der Waals surface area contributed by atoms with Crippen molar-refractivity contribution in [2.75, 3.05) is 23.3 Å². The molecule has 6 nitrogen and oxygen atoms in total. The largest absolute Gasteiger partial charge is 0.508 e. The monoisotopic (exact) mass is 305 g/mol. The molecule has 0 unspecified atom stereocenters. The van der Waals surface area contributed by atoms with Crippen molar-refractivity contribution in [2.45, 2.75) is 19.4 Å². The first-order chi connectivity index (χ1) is 10.2. The van der Waals surface area contributed by atoms with Crippen LogP contribution in [-0.2, 0) is 6.54 Å². The fourth-order valence-electron chi connectivity index (χ4n) is 2.31. The molecule has 1 saturated heterocycles. The molecular weight excluding hydrogens is 290 g/mol. The van der Waals surface area contributed by atoms with Crippen LogP contribution in [0.2, 0.25) is 5.28 Å². The van der Waals surface area contributed by atoms with Gasteiger partial charge in [-0.05, 0) is 30.5 Å². The van der Waals surface area contributed by atoms with Gasteiger partial charge in [-0.2, -0.15) is 15.0 Å². The van der Waals surface area contributed by atoms with Gasteiger partial charge in [0, 0.05) is 25.2 Å². The van der Waals surface area contributed by atoms with E-state index < -0.39 is 0 Å². The summed E-state index contributed by atoms with van der Waals surface area (Å²) in [6.45, 7) is 2.31. The van der Waals surface area contributed by atoms with Crippen molar-refractivity contribution in [1.82, 2.24) is 15.0 Å². The standard InChI is InChI=1S/C14H16ClN5O/c15-12-17-13(16-9-10-5-1-2-6-11(10)21)19-14(18-12)20-7-3-4-8-20/h1-2,5-6,21H,3-4,7-9H2,(H,16,17,18,19). The zero-order valence-corrected chi connectivity index (χ0v) is 12.2. The maximum atomic E-state index is 9.74. The second-order valence-corrected chi connectivity index (χ2v) is 5.24. The molecule has 0 saturated carbocycles. The number of rotatable bonds is 4. The Bertz CT molecular complexity index is 631. The van der Waals surface area contributed by atoms with E-state index in [9.17, 15) is 5.11 Å². The van der Waals surface area contributed by atoms with Crippen molar-refractivity contribution in [3.63, 3.8) is 0 Å². The summed E-state index contributed by atoms with van der Waals surface area (Å²) in [6, 6.07) is 7.14. The number of aromatic nitrogens is 3. The van der Waals surface area contributed by atoms with Crippen molar-refractivity contribution in [1.29, 1.82) is 0 Å². The minimum Gasteiger partial charge on any atom is -0.508 e. The smallest absolute Gasteiger partial charge is 0.231 e. The molecule has 0 bridgehead atoms. The minimum absolute atomic E-state index is 0.173. The van der Waals surface area contributed by atoms with E-state index >= 15 is 0 Å². The highest BCUT2D eigenvalue weighted by molar-refractivity contribution is 6.28. The highest BCUT2D eigenvalue weighted by Gasteiger charge is 2.17. The van der Waals surface area contributed by atoms with Crippen molar-refractivity contribution in [3.8, 4) is 5.75 Å². The molecule has 1 aliphatic rings. The Balaban J connectivity index is 1.74. The number of halogens is 1. The molecule has 1 fully saturated rings. The number of nitrogens with one attached hydrogen (secondary N) is 1. The Hall–Kier alpha value is -2.08. The van der Waals surface area contributed by atoms with Crippen LogP contribution in [0.5, 0.6) is 5.75 Å². The fourth-order valence-corrected chi connectivity index (χ4v) is 2.47. The van der Waals surface area contributed by atoms with Gasteiger partial charge < -0.3 is 15.3 Å². The maximum Gasteiger partial charge on any atom is 0.231 e. The summed E-state index contributed by atoms with van der Waals surface area (Å²) in [5, 5.41) is 13.0. The molecule has 1 aromatic heterocycles. The summed E-state index contributed by atoms with van der Waals surface area (Å²) in [6.07, 6.45) is 2.29. The molecule has 110 valence electrons. The number of para-hydroxylation sites is 1. The van der Waals surface area contributed by atoms with Gasteiger partial charge in [0.1, 0.15) is 5.75 Å². The van der Waals surface area contributed by atoms with Crippen LogP contribution in [0.4, 0.5) is 11.9 Å². The van der Waals surface area contributed by atoms with E-state index in [1.165, 1.54) is 0 Å². The number of phenolic OH excluding ortho intramolecular Hbond substituents is 1. The number of aromatic hydroxyl groups is 1. The lowest BCUT2D eigenvalue weighted by molar-refractivity contribution is 0.469. The van der Waals surface area contributed by atoms with E-state index in [4.69, 9.17) is 11.6 Å². The van der Waals surface area contributed by atoms with Crippen LogP contribution in [0.15, 0.2) is 24.3 Å². The second kappa shape index (κ2) is 6.13. The van der Waals surface area contributed by atoms with Gasteiger partial charge in [-0.15, -0.1) is 0 Å². The molecule has 3 rings (SSSR count). The Morgan fingerprint density at radius 2 is 1.90 bits per heavy atom. The van der Waals surface area contributed by atoms with Gasteiger partial charge in [-0.25, -0.2) is 0 Å². The molecule has 2 heterocycles. The van der Waals surface area contributed by atoms with Gasteiger partial charge in [-0.1, -0.05) is 18.2 Å². The lowest BCUT2D eigenvalue weighted by Crippen LogP contribution is -2.21. The fraction of sp³-hybridized carbons (Fsp3) is 0.357. The van der Waals surface area contributed by atoms with Gasteiger partial charge in [0.2, 0.25) is 17.2 Å². The average Bonchev–Trinajstić information content (AvgIpc) is 3.00. The molecule has 1 aromatic carbocycles. The van der Waals surface area contributed by atoms with Crippen LogP contribution >= 0.6 is 11.6 Å². The number of anilines is 2. The second-order valence-electron chi connectivity index (χ2n) is 4.90. The molecule has 0 aliphatic carbocycles. The molecule has 1 aliphatic heterocycles. The molecule has 0 spiro atoms. The Labute approximate surface area is 127 Å². The van der Waals surface area contributed by atoms with E-state index in [1.54, 1.807) is 12.1 Å². The van der Waals surface area contributed by atoms with E-state index in [0.29, 0.717) is 18.4 Å². The quantitative estimate of drug-likeness (QED) is 0.904. The third-order valence-electron chi connectivity index (χ3n) is 3.41. The van der Waals surface area contributed by atoms with E-state index in [-0.39, 0.29) is 11.0 Å². The van der Waals surface area contributed by atoms with Crippen LogP contribution in [0.3, 0.4) is 0 Å². The number of nitrogens with zero attached hydrogens (tertiary/aromatic N) is 4. The van der Waals surface area contributed by atoms with E-state index in [2.05, 4.69) is 25.2 Å². The van der Waals surface area contributed by atoms with Crippen LogP contribution in [-0.4, -0.2) is 33.1 Å². The maximum absolute atomic E-state index is 9.74. The molecule has 7 heteroatoms. The third-order valence-corrected chi connectivity index (χ3v) is 3.58. The Morgan fingerprint density at radius 3 is 2.67 bits per heavy atom. The lowest BCUT2D eigenvalue weighted by Gasteiger charge is -2.15. The Morgan fingerprint density at radius 1 is 1.14 bits per heavy atom. The van der Waals surface area contributed by atoms with Crippen molar-refractivity contribution >= 4 is 23.5 Å². The van der Waals surface area contributed by atoms with Gasteiger partial charge in [0.25, 0.3) is 0 Å². The summed E-state index contributed by atoms with van der Waals surface area (Å²) in [5.41, 5.74) is 0.775. The van der Waals surface area contributed by atoms with Gasteiger partial charge in [0.05, 0.1) is 0 Å². The normalized spacial score (nSPS) is 14.4. The zero-order valence-electron chi connectivity index (χ0n) is 11.5. The third kappa shape index (κ3) is 3.33. The summed E-state index contributed by atoms with van der Waals surface area (Å²) in [5.74, 6) is 1.26. The SMILES string of the molecule is Oc1ccccc1CNc1nc(Cl)nc(N2CCCC2)n1. The van der Waals surface area contributed by atoms with E-state index in [1.807, 2.05) is 12.1 Å². The van der Waals surface area contributed by atoms with Crippen molar-refractivity contribution in [3.05, 3.63) is 35.1 Å². The summed E-state index contributed by atoms with van der Waals surface area (Å²) in [4.78, 5) is 14.7. The Kier molecular flexibility index (Phi) is 4.06. The lowest BCUT2D eigenvalue weighted by atomic mass is 10.2. The molecule has 21 heavy (non-hydrogen) atoms. The van der Waals surface area contributed by atoms with Crippen molar-refractivity contribution in [2.24, 2.45) is 0 Å². The van der Waals surface area contributed by atoms with Crippen LogP contribution in [0, 0.1) is 0 Å². The van der Waals surface area contributed by atoms with Crippen LogP contribution < -0.4 is 10.2 Å². The van der Waals surface area contributed by atoms with Crippen molar-refractivity contribution < 1.29 is 5.11 Å². The number of hydrogen-bond donors (Lipinski definition) is 2. The number of benzene rings is 1. The topological polar surface area (TPSA) is 74.2 Å². The van der Waals surface area contributed by atoms with Crippen LogP contribution in [0.25, 0.3) is 0 Å². The number of hydrogen-bond acceptors (Lipinski definition) is 6. The molecule has 0 radical (unpaired) electrons. The van der Waals surface area contributed by atoms with Gasteiger partial charge in [0.15, 0.2) is 0 Å². The van der Waals surface area contributed by atoms with Gasteiger partial charge in [-0.3, -0.25) is 0 Å². The summed E-state index contributed by atoms with van der Waals surface area (Å²) >= 11 is 5.96. The first-order valence-electron chi connectivity index (χ1n) is 6.89. The highest BCUT2D eigenvalue weighted by Crippen LogP contribution is 2.20. The molecule has 2 aromatic rings. The summed E-state index contributed by atoms with van der Waals surface area (Å²) in [7, 11) is 0. The number of phenols is 1. The average molecular weight is 306 g/mol. The first kappa shape index (κ1) is 13.9. The predicted octanol–water partition coefficient (Wildman–Crippen LogP) is 2.44. The highest BCUT2D eigenvalue weighted by atomic mass is 35.5. The summed E-state index contributed by atoms with van der Waals surface area (Å²) < 4.78 is 0. The molecular formula is C14H16ClN5O. The van der Waals surface area contributed by atoms with Gasteiger partial charge >= 0.3 is 0 Å². The van der Waals surface area contributed by atoms with E-state index in [0.717, 1.165) is 31.5 Å². The first-order valence-corrected chi connectivity index (χ1v) is 7.27. The predicted molar refractivity (Wildman–Crippen MR) is 81.7 cm³/mol. The molecule has 2 N–H and O–H groups in total. The minimum atomic E-state index is 0.173.